The van der Waals surface area contributed by atoms with Gasteiger partial charge in [0.1, 0.15) is 11.5 Å². The molecule has 0 aliphatic carbocycles. The van der Waals surface area contributed by atoms with Crippen molar-refractivity contribution in [2.45, 2.75) is 19.8 Å². The van der Waals surface area contributed by atoms with Gasteiger partial charge in [0.15, 0.2) is 23.1 Å². The second-order valence-corrected chi connectivity index (χ2v) is 7.82. The Morgan fingerprint density at radius 1 is 1.15 bits per heavy atom. The quantitative estimate of drug-likeness (QED) is 0.571. The molecule has 1 aliphatic heterocycles. The zero-order valence-corrected chi connectivity index (χ0v) is 19.7. The minimum atomic E-state index is -0.995. The Bertz CT molecular complexity index is 1130. The minimum Gasteiger partial charge on any atom is -0.493 e. The smallest absolute Gasteiger partial charge is 0.329 e. The lowest BCUT2D eigenvalue weighted by atomic mass is 9.97. The zero-order valence-electron chi connectivity index (χ0n) is 19.7. The molecule has 0 bridgehead atoms. The van der Waals surface area contributed by atoms with Crippen LogP contribution in [0.4, 0.5) is 19.3 Å². The molecule has 180 valence electrons. The predicted octanol–water partition coefficient (Wildman–Crippen LogP) is 4.63. The molecule has 0 aromatic heterocycles. The molecule has 2 N–H and O–H groups in total. The monoisotopic (exact) mass is 470 g/mol. The maximum absolute atomic E-state index is 15.1. The molecule has 7 nitrogen and oxygen atoms in total. The summed E-state index contributed by atoms with van der Waals surface area (Å²) in [5.41, 5.74) is 8.58. The summed E-state index contributed by atoms with van der Waals surface area (Å²) in [4.78, 5) is 19.6. The Balaban J connectivity index is 2.05. The predicted molar refractivity (Wildman–Crippen MR) is 128 cm³/mol. The van der Waals surface area contributed by atoms with Crippen LogP contribution in [-0.2, 0) is 6.42 Å². The number of nitrogens with two attached hydrogens (primary N) is 1. The Labute approximate surface area is 197 Å². The fourth-order valence-corrected chi connectivity index (χ4v) is 4.06. The van der Waals surface area contributed by atoms with Crippen molar-refractivity contribution < 1.29 is 23.0 Å². The van der Waals surface area contributed by atoms with Crippen LogP contribution in [0.2, 0.25) is 0 Å². The molecule has 3 rings (SSSR count). The average Bonchev–Trinajstić information content (AvgIpc) is 2.84. The lowest BCUT2D eigenvalue weighted by Crippen LogP contribution is -2.47. The van der Waals surface area contributed by atoms with Crippen LogP contribution in [0.25, 0.3) is 0 Å². The van der Waals surface area contributed by atoms with Crippen molar-refractivity contribution >= 4 is 18.4 Å². The first-order valence-electron chi connectivity index (χ1n) is 10.6. The number of hydrogen-bond acceptors (Lipinski definition) is 5. The molecule has 0 radical (unpaired) electrons. The van der Waals surface area contributed by atoms with Crippen LogP contribution in [-0.4, -0.2) is 45.5 Å². The van der Waals surface area contributed by atoms with E-state index in [-0.39, 0.29) is 23.9 Å². The molecule has 1 aliphatic rings. The Kier molecular flexibility index (Phi) is 7.55. The van der Waals surface area contributed by atoms with Crippen LogP contribution in [0.1, 0.15) is 18.9 Å². The van der Waals surface area contributed by atoms with Crippen LogP contribution in [0.3, 0.4) is 0 Å². The molecule has 9 heteroatoms. The molecule has 0 saturated heterocycles. The minimum absolute atomic E-state index is 0.0675. The highest BCUT2D eigenvalue weighted by Crippen LogP contribution is 2.40. The number of hydrogen-bond donors (Lipinski definition) is 1. The summed E-state index contributed by atoms with van der Waals surface area (Å²) in [6, 6.07) is 10.3. The molecule has 2 aromatic rings. The number of halogens is 2. The summed E-state index contributed by atoms with van der Waals surface area (Å²) >= 11 is 0. The first-order valence-corrected chi connectivity index (χ1v) is 10.6. The number of aryl methyl sites for hydroxylation is 1. The average molecular weight is 471 g/mol. The van der Waals surface area contributed by atoms with Gasteiger partial charge in [0.25, 0.3) is 0 Å². The molecule has 1 heterocycles. The van der Waals surface area contributed by atoms with Crippen molar-refractivity contribution in [2.75, 3.05) is 32.7 Å². The maximum atomic E-state index is 15.1. The van der Waals surface area contributed by atoms with Gasteiger partial charge in [-0.2, -0.15) is 0 Å². The summed E-state index contributed by atoms with van der Waals surface area (Å²) in [5.74, 6) is -2.27. The van der Waals surface area contributed by atoms with Crippen molar-refractivity contribution in [3.05, 3.63) is 76.3 Å². The number of likely N-dealkylation sites (N-methyl/N-ethyl adjacent to an activating group) is 1. The number of carbonyl (C=O) groups is 1. The number of aliphatic imine (C=N–C) groups is 1. The van der Waals surface area contributed by atoms with Crippen molar-refractivity contribution in [3.63, 3.8) is 0 Å². The number of methoxy groups -OCH3 is 2. The van der Waals surface area contributed by atoms with E-state index in [0.29, 0.717) is 29.7 Å². The van der Waals surface area contributed by atoms with Gasteiger partial charge >= 0.3 is 6.03 Å². The molecular weight excluding hydrogens is 442 g/mol. The third kappa shape index (κ3) is 4.59. The molecule has 2 amide bonds. The lowest BCUT2D eigenvalue weighted by molar-refractivity contribution is 0.222. The number of urea groups is 1. The van der Waals surface area contributed by atoms with Gasteiger partial charge < -0.3 is 15.2 Å². The fraction of sp³-hybridized carbons (Fsp3) is 0.280. The Morgan fingerprint density at radius 3 is 2.26 bits per heavy atom. The van der Waals surface area contributed by atoms with Gasteiger partial charge in [0.2, 0.25) is 0 Å². The number of benzene rings is 2. The van der Waals surface area contributed by atoms with Crippen molar-refractivity contribution in [1.29, 1.82) is 0 Å². The summed E-state index contributed by atoms with van der Waals surface area (Å²) in [6.45, 7) is 5.24. The summed E-state index contributed by atoms with van der Waals surface area (Å²) < 4.78 is 40.2. The van der Waals surface area contributed by atoms with Gasteiger partial charge in [-0.25, -0.2) is 18.6 Å². The number of allylic oxidation sites excluding steroid dienone is 1. The van der Waals surface area contributed by atoms with Crippen LogP contribution in [0.15, 0.2) is 64.1 Å². The van der Waals surface area contributed by atoms with E-state index in [9.17, 15) is 4.79 Å². The standard InChI is InChI=1S/C25H28F2N4O3/c1-15-14-31(23-20(26)18(33-4)13-19(34-5)21(23)27)25(32)30(3)22(15)17(24(28)29-2)12-11-16-9-7-6-8-10-16/h6-10,13H,2,11-12,14,28H2,1,3-5H3/b24-17-. The zero-order chi connectivity index (χ0) is 25.0. The molecular formula is C25H28F2N4O3. The third-order valence-corrected chi connectivity index (χ3v) is 5.75. The van der Waals surface area contributed by atoms with Gasteiger partial charge in [-0.15, -0.1) is 0 Å². The topological polar surface area (TPSA) is 80.4 Å². The summed E-state index contributed by atoms with van der Waals surface area (Å²) in [6.07, 6.45) is 1.15. The highest BCUT2D eigenvalue weighted by atomic mass is 19.1. The van der Waals surface area contributed by atoms with Gasteiger partial charge in [-0.3, -0.25) is 9.80 Å². The Hall–Kier alpha value is -3.88. The summed E-state index contributed by atoms with van der Waals surface area (Å²) in [7, 11) is 4.03. The van der Waals surface area contributed by atoms with Crippen LogP contribution in [0, 0.1) is 11.6 Å². The van der Waals surface area contributed by atoms with E-state index >= 15 is 8.78 Å². The number of amides is 2. The maximum Gasteiger partial charge on any atom is 0.329 e. The van der Waals surface area contributed by atoms with Gasteiger partial charge in [-0.1, -0.05) is 30.3 Å². The second kappa shape index (κ2) is 10.4. The Morgan fingerprint density at radius 2 is 1.74 bits per heavy atom. The van der Waals surface area contributed by atoms with E-state index in [1.807, 2.05) is 30.3 Å². The van der Waals surface area contributed by atoms with Gasteiger partial charge in [0, 0.05) is 18.7 Å². The molecule has 0 saturated carbocycles. The second-order valence-electron chi connectivity index (χ2n) is 7.82. The van der Waals surface area contributed by atoms with E-state index in [4.69, 9.17) is 15.2 Å². The fourth-order valence-electron chi connectivity index (χ4n) is 4.06. The largest absolute Gasteiger partial charge is 0.493 e. The first-order chi connectivity index (χ1) is 16.2. The number of nitrogens with zero attached hydrogens (tertiary/aromatic N) is 3. The molecule has 0 unspecified atom stereocenters. The van der Waals surface area contributed by atoms with E-state index in [0.717, 1.165) is 16.5 Å². The number of rotatable bonds is 8. The first kappa shape index (κ1) is 24.8. The number of ether oxygens (including phenoxy) is 2. The van der Waals surface area contributed by atoms with E-state index in [1.54, 1.807) is 6.92 Å². The molecule has 0 atom stereocenters. The summed E-state index contributed by atoms with van der Waals surface area (Å²) in [5, 5.41) is 0. The van der Waals surface area contributed by atoms with Crippen LogP contribution in [0.5, 0.6) is 11.5 Å². The van der Waals surface area contributed by atoms with Crippen molar-refractivity contribution in [1.82, 2.24) is 4.90 Å². The van der Waals surface area contributed by atoms with Crippen molar-refractivity contribution in [3.8, 4) is 11.5 Å². The molecule has 0 fully saturated rings. The van der Waals surface area contributed by atoms with E-state index in [2.05, 4.69) is 11.7 Å². The number of carbonyl (C=O) groups excluding carboxylic acids is 1. The van der Waals surface area contributed by atoms with Gasteiger partial charge in [-0.05, 0) is 37.6 Å². The lowest BCUT2D eigenvalue weighted by Gasteiger charge is -2.37. The van der Waals surface area contributed by atoms with Crippen LogP contribution >= 0.6 is 0 Å². The van der Waals surface area contributed by atoms with Crippen LogP contribution < -0.4 is 20.1 Å². The highest BCUT2D eigenvalue weighted by Gasteiger charge is 2.36. The van der Waals surface area contributed by atoms with Gasteiger partial charge in [0.05, 0.1) is 26.5 Å². The van der Waals surface area contributed by atoms with E-state index < -0.39 is 23.4 Å². The normalized spacial score (nSPS) is 14.8. The molecule has 2 aromatic carbocycles. The third-order valence-electron chi connectivity index (χ3n) is 5.75. The van der Waals surface area contributed by atoms with E-state index in [1.165, 1.54) is 26.2 Å². The highest BCUT2D eigenvalue weighted by molar-refractivity contribution is 5.96. The number of anilines is 1. The van der Waals surface area contributed by atoms with Crippen molar-refractivity contribution in [2.24, 2.45) is 10.7 Å². The SMILES string of the molecule is C=N/C(N)=C(/CCc1ccccc1)C1=C(C)CN(c2c(F)c(OC)cc(OC)c2F)C(=O)N1C. The molecule has 0 spiro atoms. The molecule has 34 heavy (non-hydrogen) atoms.